The number of benzene rings is 1. The van der Waals surface area contributed by atoms with Crippen molar-refractivity contribution in [3.05, 3.63) is 53.8 Å². The number of hydrogen-bond donors (Lipinski definition) is 1. The lowest BCUT2D eigenvalue weighted by Crippen LogP contribution is -2.22. The van der Waals surface area contributed by atoms with Crippen LogP contribution in [0.2, 0.25) is 5.02 Å². The molecule has 122 valence electrons. The SMILES string of the molecule is C[C@H](Sc1nnc(-c2cccnc2)o1)C(=O)Nc1cccc(Cl)c1. The van der Waals surface area contributed by atoms with Gasteiger partial charge >= 0.3 is 0 Å². The first-order valence-electron chi connectivity index (χ1n) is 7.09. The van der Waals surface area contributed by atoms with Gasteiger partial charge in [-0.15, -0.1) is 10.2 Å². The molecule has 1 N–H and O–H groups in total. The van der Waals surface area contributed by atoms with E-state index in [4.69, 9.17) is 16.0 Å². The van der Waals surface area contributed by atoms with Crippen LogP contribution in [0.5, 0.6) is 0 Å². The molecule has 3 rings (SSSR count). The Hall–Kier alpha value is -2.38. The fourth-order valence-electron chi connectivity index (χ4n) is 1.88. The van der Waals surface area contributed by atoms with E-state index in [9.17, 15) is 4.79 Å². The number of carbonyl (C=O) groups excluding carboxylic acids is 1. The summed E-state index contributed by atoms with van der Waals surface area (Å²) in [6.07, 6.45) is 3.30. The Morgan fingerprint density at radius 2 is 2.17 bits per heavy atom. The Bertz CT molecular complexity index is 841. The third-order valence-electron chi connectivity index (χ3n) is 3.05. The molecule has 1 amide bonds. The monoisotopic (exact) mass is 360 g/mol. The Morgan fingerprint density at radius 3 is 2.92 bits per heavy atom. The van der Waals surface area contributed by atoms with Crippen molar-refractivity contribution in [3.63, 3.8) is 0 Å². The molecule has 0 fully saturated rings. The van der Waals surface area contributed by atoms with Crippen molar-refractivity contribution in [2.24, 2.45) is 0 Å². The predicted molar refractivity (Wildman–Crippen MR) is 92.9 cm³/mol. The quantitative estimate of drug-likeness (QED) is 0.695. The molecule has 1 atom stereocenters. The van der Waals surface area contributed by atoms with E-state index in [0.29, 0.717) is 21.8 Å². The van der Waals surface area contributed by atoms with Crippen LogP contribution in [0.1, 0.15) is 6.92 Å². The van der Waals surface area contributed by atoms with Crippen LogP contribution in [0, 0.1) is 0 Å². The molecule has 1 aromatic carbocycles. The number of nitrogens with zero attached hydrogens (tertiary/aromatic N) is 3. The summed E-state index contributed by atoms with van der Waals surface area (Å²) in [5.41, 5.74) is 1.37. The van der Waals surface area contributed by atoms with Gasteiger partial charge in [-0.05, 0) is 37.3 Å². The van der Waals surface area contributed by atoms with Crippen LogP contribution in [0.4, 0.5) is 5.69 Å². The van der Waals surface area contributed by atoms with Gasteiger partial charge in [0.2, 0.25) is 11.8 Å². The minimum Gasteiger partial charge on any atom is -0.411 e. The van der Waals surface area contributed by atoms with Crippen LogP contribution in [0.15, 0.2) is 58.4 Å². The zero-order valence-corrected chi connectivity index (χ0v) is 14.2. The smallest absolute Gasteiger partial charge is 0.277 e. The number of pyridine rings is 1. The molecular weight excluding hydrogens is 348 g/mol. The predicted octanol–water partition coefficient (Wildman–Crippen LogP) is 3.90. The van der Waals surface area contributed by atoms with Gasteiger partial charge in [0.05, 0.1) is 10.8 Å². The lowest BCUT2D eigenvalue weighted by Gasteiger charge is -2.09. The van der Waals surface area contributed by atoms with Crippen molar-refractivity contribution in [2.45, 2.75) is 17.4 Å². The van der Waals surface area contributed by atoms with Gasteiger partial charge in [0.25, 0.3) is 5.22 Å². The van der Waals surface area contributed by atoms with Gasteiger partial charge in [0.15, 0.2) is 0 Å². The molecule has 6 nitrogen and oxygen atoms in total. The summed E-state index contributed by atoms with van der Waals surface area (Å²) in [6.45, 7) is 1.76. The maximum absolute atomic E-state index is 12.2. The highest BCUT2D eigenvalue weighted by Gasteiger charge is 2.19. The average Bonchev–Trinajstić information content (AvgIpc) is 3.04. The Morgan fingerprint density at radius 1 is 1.29 bits per heavy atom. The molecule has 0 saturated carbocycles. The first-order chi connectivity index (χ1) is 11.6. The normalized spacial score (nSPS) is 11.9. The average molecular weight is 361 g/mol. The maximum Gasteiger partial charge on any atom is 0.277 e. The van der Waals surface area contributed by atoms with E-state index < -0.39 is 5.25 Å². The topological polar surface area (TPSA) is 80.9 Å². The van der Waals surface area contributed by atoms with Crippen LogP contribution >= 0.6 is 23.4 Å². The van der Waals surface area contributed by atoms with Gasteiger partial charge in [-0.2, -0.15) is 0 Å². The highest BCUT2D eigenvalue weighted by molar-refractivity contribution is 8.00. The van der Waals surface area contributed by atoms with Crippen LogP contribution in [-0.4, -0.2) is 26.3 Å². The summed E-state index contributed by atoms with van der Waals surface area (Å²) in [4.78, 5) is 16.2. The third kappa shape index (κ3) is 4.12. The summed E-state index contributed by atoms with van der Waals surface area (Å²) in [5.74, 6) is 0.191. The van der Waals surface area contributed by atoms with Crippen molar-refractivity contribution < 1.29 is 9.21 Å². The second kappa shape index (κ2) is 7.46. The number of hydrogen-bond acceptors (Lipinski definition) is 6. The largest absolute Gasteiger partial charge is 0.411 e. The second-order valence-electron chi connectivity index (χ2n) is 4.87. The van der Waals surface area contributed by atoms with Gasteiger partial charge < -0.3 is 9.73 Å². The van der Waals surface area contributed by atoms with E-state index in [2.05, 4.69) is 20.5 Å². The molecule has 2 heterocycles. The lowest BCUT2D eigenvalue weighted by atomic mass is 10.3. The standard InChI is InChI=1S/C16H13ClN4O2S/c1-10(14(22)19-13-6-2-5-12(17)8-13)24-16-21-20-15(23-16)11-4-3-7-18-9-11/h2-10H,1H3,(H,19,22)/t10-/m0/s1. The van der Waals surface area contributed by atoms with E-state index in [1.165, 1.54) is 11.8 Å². The summed E-state index contributed by atoms with van der Waals surface area (Å²) in [5, 5.41) is 11.2. The molecule has 0 aliphatic carbocycles. The zero-order valence-electron chi connectivity index (χ0n) is 12.6. The Kier molecular flexibility index (Phi) is 5.12. The number of thioether (sulfide) groups is 1. The molecule has 0 aliphatic rings. The van der Waals surface area contributed by atoms with Crippen LogP contribution < -0.4 is 5.32 Å². The van der Waals surface area contributed by atoms with Crippen molar-refractivity contribution in [2.75, 3.05) is 5.32 Å². The molecule has 8 heteroatoms. The van der Waals surface area contributed by atoms with E-state index in [-0.39, 0.29) is 5.91 Å². The second-order valence-corrected chi connectivity index (χ2v) is 6.60. The summed E-state index contributed by atoms with van der Waals surface area (Å²) in [7, 11) is 0. The fourth-order valence-corrected chi connectivity index (χ4v) is 2.75. The number of nitrogens with one attached hydrogen (secondary N) is 1. The Labute approximate surface area is 147 Å². The van der Waals surface area contributed by atoms with Gasteiger partial charge in [-0.25, -0.2) is 0 Å². The molecule has 0 aliphatic heterocycles. The van der Waals surface area contributed by atoms with Gasteiger partial charge in [0, 0.05) is 23.1 Å². The number of halogens is 1. The molecule has 3 aromatic rings. The van der Waals surface area contributed by atoms with Gasteiger partial charge in [-0.3, -0.25) is 9.78 Å². The van der Waals surface area contributed by atoms with E-state index in [1.807, 2.05) is 6.07 Å². The molecular formula is C16H13ClN4O2S. The summed E-state index contributed by atoms with van der Waals surface area (Å²) in [6, 6.07) is 10.6. The van der Waals surface area contributed by atoms with Crippen molar-refractivity contribution >= 4 is 35.0 Å². The van der Waals surface area contributed by atoms with Crippen LogP contribution in [0.3, 0.4) is 0 Å². The molecule has 0 bridgehead atoms. The van der Waals surface area contributed by atoms with Crippen molar-refractivity contribution in [3.8, 4) is 11.5 Å². The van der Waals surface area contributed by atoms with Crippen LogP contribution in [-0.2, 0) is 4.79 Å². The van der Waals surface area contributed by atoms with E-state index in [0.717, 1.165) is 5.56 Å². The van der Waals surface area contributed by atoms with Gasteiger partial charge in [0.1, 0.15) is 0 Å². The van der Waals surface area contributed by atoms with Crippen molar-refractivity contribution in [1.82, 2.24) is 15.2 Å². The highest BCUT2D eigenvalue weighted by atomic mass is 35.5. The number of anilines is 1. The molecule has 0 saturated heterocycles. The third-order valence-corrected chi connectivity index (χ3v) is 4.22. The molecule has 0 spiro atoms. The first-order valence-corrected chi connectivity index (χ1v) is 8.34. The maximum atomic E-state index is 12.2. The fraction of sp³-hybridized carbons (Fsp3) is 0.125. The van der Waals surface area contributed by atoms with E-state index in [1.54, 1.807) is 49.6 Å². The molecule has 0 unspecified atom stereocenters. The van der Waals surface area contributed by atoms with Crippen molar-refractivity contribution in [1.29, 1.82) is 0 Å². The zero-order chi connectivity index (χ0) is 16.9. The number of rotatable bonds is 5. The number of amides is 1. The summed E-state index contributed by atoms with van der Waals surface area (Å²) >= 11 is 7.09. The number of carbonyl (C=O) groups is 1. The molecule has 2 aromatic heterocycles. The minimum absolute atomic E-state index is 0.177. The lowest BCUT2D eigenvalue weighted by molar-refractivity contribution is -0.115. The van der Waals surface area contributed by atoms with Crippen LogP contribution in [0.25, 0.3) is 11.5 Å². The minimum atomic E-state index is -0.411. The summed E-state index contributed by atoms with van der Waals surface area (Å²) < 4.78 is 5.56. The van der Waals surface area contributed by atoms with E-state index >= 15 is 0 Å². The molecule has 0 radical (unpaired) electrons. The van der Waals surface area contributed by atoms with Gasteiger partial charge in [-0.1, -0.05) is 29.4 Å². The Balaban J connectivity index is 1.63. The molecule has 24 heavy (non-hydrogen) atoms. The highest BCUT2D eigenvalue weighted by Crippen LogP contribution is 2.26. The number of aromatic nitrogens is 3. The first kappa shape index (κ1) is 16.5.